The molecule has 74 valence electrons. The highest BCUT2D eigenvalue weighted by molar-refractivity contribution is 5.55. The van der Waals surface area contributed by atoms with E-state index in [-0.39, 0.29) is 5.54 Å². The van der Waals surface area contributed by atoms with Gasteiger partial charge in [-0.05, 0) is 32.9 Å². The van der Waals surface area contributed by atoms with Crippen LogP contribution in [0.25, 0.3) is 5.52 Å². The van der Waals surface area contributed by atoms with Crippen molar-refractivity contribution >= 4 is 5.52 Å². The maximum atomic E-state index is 6.06. The summed E-state index contributed by atoms with van der Waals surface area (Å²) in [6.07, 6.45) is 2.01. The van der Waals surface area contributed by atoms with Crippen LogP contribution in [0.5, 0.6) is 0 Å². The predicted octanol–water partition coefficient (Wildman–Crippen LogP) is 1.84. The average molecular weight is 189 g/mol. The van der Waals surface area contributed by atoms with Crippen LogP contribution in [0.1, 0.15) is 25.4 Å². The van der Waals surface area contributed by atoms with E-state index in [1.807, 2.05) is 45.2 Å². The van der Waals surface area contributed by atoms with Crippen molar-refractivity contribution in [2.24, 2.45) is 5.73 Å². The van der Waals surface area contributed by atoms with Crippen LogP contribution in [0, 0.1) is 6.92 Å². The summed E-state index contributed by atoms with van der Waals surface area (Å²) < 4.78 is 2.06. The molecule has 2 heterocycles. The monoisotopic (exact) mass is 189 g/mol. The Balaban J connectivity index is 2.80. The molecular weight excluding hydrogens is 174 g/mol. The third-order valence-corrected chi connectivity index (χ3v) is 2.34. The van der Waals surface area contributed by atoms with Crippen molar-refractivity contribution in [1.82, 2.24) is 9.38 Å². The Hall–Kier alpha value is -1.35. The van der Waals surface area contributed by atoms with E-state index < -0.39 is 0 Å². The Morgan fingerprint density at radius 1 is 1.36 bits per heavy atom. The van der Waals surface area contributed by atoms with Crippen molar-refractivity contribution in [3.8, 4) is 0 Å². The molecule has 0 aliphatic rings. The molecular formula is C11H15N3. The highest BCUT2D eigenvalue weighted by atomic mass is 15.0. The molecule has 0 saturated heterocycles. The molecule has 2 rings (SSSR count). The standard InChI is InChI=1S/C11H15N3/c1-8-13-10(11(2,3)12)9-6-4-5-7-14(8)9/h4-7H,12H2,1-3H3. The van der Waals surface area contributed by atoms with Gasteiger partial charge in [0.25, 0.3) is 0 Å². The van der Waals surface area contributed by atoms with E-state index in [9.17, 15) is 0 Å². The summed E-state index contributed by atoms with van der Waals surface area (Å²) in [4.78, 5) is 4.50. The normalized spacial score (nSPS) is 12.3. The van der Waals surface area contributed by atoms with Gasteiger partial charge in [0, 0.05) is 6.20 Å². The molecule has 0 fully saturated rings. The zero-order valence-electron chi connectivity index (χ0n) is 8.78. The van der Waals surface area contributed by atoms with Crippen LogP contribution in [0.3, 0.4) is 0 Å². The maximum Gasteiger partial charge on any atom is 0.110 e. The van der Waals surface area contributed by atoms with Crippen LogP contribution >= 0.6 is 0 Å². The van der Waals surface area contributed by atoms with Gasteiger partial charge in [-0.25, -0.2) is 4.98 Å². The maximum absolute atomic E-state index is 6.06. The number of imidazole rings is 1. The second-order valence-corrected chi connectivity index (χ2v) is 4.19. The highest BCUT2D eigenvalue weighted by Gasteiger charge is 2.21. The van der Waals surface area contributed by atoms with Gasteiger partial charge in [-0.1, -0.05) is 6.07 Å². The quantitative estimate of drug-likeness (QED) is 0.743. The number of aryl methyl sites for hydroxylation is 1. The molecule has 3 heteroatoms. The van der Waals surface area contributed by atoms with E-state index in [4.69, 9.17) is 5.73 Å². The molecule has 0 radical (unpaired) electrons. The predicted molar refractivity (Wildman–Crippen MR) is 57.1 cm³/mol. The summed E-state index contributed by atoms with van der Waals surface area (Å²) in [5.74, 6) is 0.981. The van der Waals surface area contributed by atoms with E-state index in [2.05, 4.69) is 9.38 Å². The van der Waals surface area contributed by atoms with Crippen LogP contribution in [-0.4, -0.2) is 9.38 Å². The lowest BCUT2D eigenvalue weighted by molar-refractivity contribution is 0.542. The number of nitrogens with two attached hydrogens (primary N) is 1. The Kier molecular flexibility index (Phi) is 1.86. The van der Waals surface area contributed by atoms with Crippen molar-refractivity contribution in [2.45, 2.75) is 26.3 Å². The van der Waals surface area contributed by atoms with Crippen LogP contribution in [0.4, 0.5) is 0 Å². The van der Waals surface area contributed by atoms with E-state index >= 15 is 0 Å². The lowest BCUT2D eigenvalue weighted by Gasteiger charge is -2.15. The second-order valence-electron chi connectivity index (χ2n) is 4.19. The zero-order chi connectivity index (χ0) is 10.3. The Morgan fingerprint density at radius 2 is 2.07 bits per heavy atom. The van der Waals surface area contributed by atoms with Crippen LogP contribution < -0.4 is 5.73 Å². The molecule has 0 amide bonds. The molecule has 3 nitrogen and oxygen atoms in total. The number of nitrogens with zero attached hydrogens (tertiary/aromatic N) is 2. The molecule has 0 saturated carbocycles. The van der Waals surface area contributed by atoms with Crippen LogP contribution in [0.2, 0.25) is 0 Å². The summed E-state index contributed by atoms with van der Waals surface area (Å²) in [6, 6.07) is 6.05. The molecule has 2 N–H and O–H groups in total. The average Bonchev–Trinajstić information content (AvgIpc) is 2.44. The van der Waals surface area contributed by atoms with Gasteiger partial charge in [0.2, 0.25) is 0 Å². The smallest absolute Gasteiger partial charge is 0.110 e. The van der Waals surface area contributed by atoms with Gasteiger partial charge in [0.05, 0.1) is 16.7 Å². The first-order valence-corrected chi connectivity index (χ1v) is 4.73. The molecule has 0 aliphatic carbocycles. The lowest BCUT2D eigenvalue weighted by atomic mass is 10.0. The van der Waals surface area contributed by atoms with Crippen LogP contribution in [-0.2, 0) is 5.54 Å². The summed E-state index contributed by atoms with van der Waals surface area (Å²) >= 11 is 0. The third kappa shape index (κ3) is 1.30. The first-order chi connectivity index (χ1) is 6.50. The summed E-state index contributed by atoms with van der Waals surface area (Å²) in [7, 11) is 0. The molecule has 2 aromatic heterocycles. The minimum atomic E-state index is -0.388. The molecule has 0 unspecified atom stereocenters. The summed E-state index contributed by atoms with van der Waals surface area (Å²) in [5.41, 5.74) is 7.72. The van der Waals surface area contributed by atoms with E-state index in [0.717, 1.165) is 17.0 Å². The fourth-order valence-electron chi connectivity index (χ4n) is 1.67. The highest BCUT2D eigenvalue weighted by Crippen LogP contribution is 2.22. The van der Waals surface area contributed by atoms with Crippen molar-refractivity contribution in [1.29, 1.82) is 0 Å². The van der Waals surface area contributed by atoms with Gasteiger partial charge < -0.3 is 10.1 Å². The fraction of sp³-hybridized carbons (Fsp3) is 0.364. The van der Waals surface area contributed by atoms with Crippen molar-refractivity contribution < 1.29 is 0 Å². The van der Waals surface area contributed by atoms with Gasteiger partial charge in [0.1, 0.15) is 5.82 Å². The number of hydrogen-bond acceptors (Lipinski definition) is 2. The molecule has 0 bridgehead atoms. The number of hydrogen-bond donors (Lipinski definition) is 1. The molecule has 0 spiro atoms. The molecule has 0 atom stereocenters. The third-order valence-electron chi connectivity index (χ3n) is 2.34. The largest absolute Gasteiger partial charge is 0.321 e. The first-order valence-electron chi connectivity index (χ1n) is 4.73. The molecule has 0 aliphatic heterocycles. The number of fused-ring (bicyclic) bond motifs is 1. The van der Waals surface area contributed by atoms with Gasteiger partial charge in [-0.3, -0.25) is 0 Å². The molecule has 2 aromatic rings. The minimum absolute atomic E-state index is 0.388. The lowest BCUT2D eigenvalue weighted by Crippen LogP contribution is -2.29. The van der Waals surface area contributed by atoms with Crippen molar-refractivity contribution in [2.75, 3.05) is 0 Å². The van der Waals surface area contributed by atoms with Gasteiger partial charge in [-0.2, -0.15) is 0 Å². The summed E-state index contributed by atoms with van der Waals surface area (Å²) in [6.45, 7) is 5.94. The van der Waals surface area contributed by atoms with Crippen LogP contribution in [0.15, 0.2) is 24.4 Å². The van der Waals surface area contributed by atoms with Gasteiger partial charge >= 0.3 is 0 Å². The van der Waals surface area contributed by atoms with Crippen molar-refractivity contribution in [3.63, 3.8) is 0 Å². The Morgan fingerprint density at radius 3 is 2.71 bits per heavy atom. The van der Waals surface area contributed by atoms with Crippen molar-refractivity contribution in [3.05, 3.63) is 35.9 Å². The van der Waals surface area contributed by atoms with E-state index in [1.165, 1.54) is 0 Å². The fourth-order valence-corrected chi connectivity index (χ4v) is 1.67. The number of aromatic nitrogens is 2. The first kappa shape index (κ1) is 9.21. The van der Waals surface area contributed by atoms with Gasteiger partial charge in [-0.15, -0.1) is 0 Å². The number of pyridine rings is 1. The van der Waals surface area contributed by atoms with Gasteiger partial charge in [0.15, 0.2) is 0 Å². The molecule has 0 aromatic carbocycles. The number of rotatable bonds is 1. The van der Waals surface area contributed by atoms with E-state index in [0.29, 0.717) is 0 Å². The minimum Gasteiger partial charge on any atom is -0.321 e. The Bertz CT molecular complexity index is 463. The van der Waals surface area contributed by atoms with E-state index in [1.54, 1.807) is 0 Å². The second kappa shape index (κ2) is 2.82. The Labute approximate surface area is 83.6 Å². The topological polar surface area (TPSA) is 43.3 Å². The molecule has 14 heavy (non-hydrogen) atoms. The zero-order valence-corrected chi connectivity index (χ0v) is 8.78. The SMILES string of the molecule is Cc1nc(C(C)(C)N)c2ccccn12. The summed E-state index contributed by atoms with van der Waals surface area (Å²) in [5, 5.41) is 0.